The van der Waals surface area contributed by atoms with Gasteiger partial charge in [0.25, 0.3) is 0 Å². The quantitative estimate of drug-likeness (QED) is 0.417. The van der Waals surface area contributed by atoms with E-state index in [1.54, 1.807) is 6.20 Å². The molecule has 2 aliphatic rings. The predicted molar refractivity (Wildman–Crippen MR) is 136 cm³/mol. The first kappa shape index (κ1) is 21.3. The van der Waals surface area contributed by atoms with Gasteiger partial charge in [-0.25, -0.2) is 0 Å². The molecule has 5 nitrogen and oxygen atoms in total. The molecule has 6 rings (SSSR count). The second-order valence-electron chi connectivity index (χ2n) is 10.0. The first-order chi connectivity index (χ1) is 16.6. The number of likely N-dealkylation sites (tertiary alicyclic amines) is 1. The molecule has 5 heteroatoms. The summed E-state index contributed by atoms with van der Waals surface area (Å²) in [6.45, 7) is 8.66. The summed E-state index contributed by atoms with van der Waals surface area (Å²) in [6, 6.07) is 17.9. The van der Waals surface area contributed by atoms with Gasteiger partial charge in [-0.3, -0.25) is 9.88 Å². The lowest BCUT2D eigenvalue weighted by molar-refractivity contribution is -0.0712. The number of nitrogens with one attached hydrogen (secondary N) is 1. The Morgan fingerprint density at radius 2 is 1.91 bits per heavy atom. The largest absolute Gasteiger partial charge is 0.378 e. The zero-order chi connectivity index (χ0) is 23.2. The average Bonchev–Trinajstić information content (AvgIpc) is 3.21. The molecule has 4 heterocycles. The summed E-state index contributed by atoms with van der Waals surface area (Å²) < 4.78 is 5.40. The molecule has 2 aliphatic heterocycles. The fourth-order valence-corrected chi connectivity index (χ4v) is 5.81. The maximum absolute atomic E-state index is 9.57. The number of benzene rings is 2. The Balaban J connectivity index is 1.41. The van der Waals surface area contributed by atoms with E-state index in [2.05, 4.69) is 65.1 Å². The smallest absolute Gasteiger partial charge is 0.101 e. The molecule has 0 bridgehead atoms. The molecular weight excluding hydrogens is 420 g/mol. The van der Waals surface area contributed by atoms with E-state index in [0.717, 1.165) is 48.5 Å². The van der Waals surface area contributed by atoms with Gasteiger partial charge >= 0.3 is 0 Å². The molecule has 2 aromatic carbocycles. The summed E-state index contributed by atoms with van der Waals surface area (Å²) in [6.07, 6.45) is 4.18. The number of fused-ring (bicyclic) bond motifs is 2. The van der Waals surface area contributed by atoms with Gasteiger partial charge in [0.1, 0.15) is 6.07 Å². The second-order valence-corrected chi connectivity index (χ2v) is 10.0. The van der Waals surface area contributed by atoms with E-state index >= 15 is 0 Å². The molecule has 2 saturated heterocycles. The molecular formula is C29H30N4O. The Morgan fingerprint density at radius 3 is 2.62 bits per heavy atom. The first-order valence-corrected chi connectivity index (χ1v) is 12.4. The van der Waals surface area contributed by atoms with E-state index in [4.69, 9.17) is 4.74 Å². The number of H-pyrrole nitrogens is 1. The molecule has 0 atom stereocenters. The number of hydrogen-bond acceptors (Lipinski definition) is 4. The normalized spacial score (nSPS) is 17.9. The Labute approximate surface area is 200 Å². The van der Waals surface area contributed by atoms with E-state index in [1.165, 1.54) is 34.9 Å². The van der Waals surface area contributed by atoms with Crippen LogP contribution in [0, 0.1) is 11.3 Å². The molecule has 0 aliphatic carbocycles. The van der Waals surface area contributed by atoms with Crippen molar-refractivity contribution in [3.63, 3.8) is 0 Å². The lowest BCUT2D eigenvalue weighted by Crippen LogP contribution is -2.51. The summed E-state index contributed by atoms with van der Waals surface area (Å²) in [7, 11) is 0. The van der Waals surface area contributed by atoms with Crippen LogP contribution in [0.1, 0.15) is 55.2 Å². The van der Waals surface area contributed by atoms with Gasteiger partial charge in [-0.1, -0.05) is 32.0 Å². The number of nitrogens with zero attached hydrogens (tertiary/aromatic N) is 3. The van der Waals surface area contributed by atoms with Crippen LogP contribution in [0.4, 0.5) is 0 Å². The molecule has 0 amide bonds. The zero-order valence-corrected chi connectivity index (χ0v) is 19.8. The van der Waals surface area contributed by atoms with Gasteiger partial charge in [-0.05, 0) is 73.2 Å². The molecule has 4 aromatic rings. The fourth-order valence-electron chi connectivity index (χ4n) is 5.81. The van der Waals surface area contributed by atoms with Gasteiger partial charge < -0.3 is 9.72 Å². The van der Waals surface area contributed by atoms with Crippen molar-refractivity contribution in [3.05, 3.63) is 65.4 Å². The highest BCUT2D eigenvalue weighted by Crippen LogP contribution is 2.40. The zero-order valence-electron chi connectivity index (χ0n) is 19.8. The lowest BCUT2D eigenvalue weighted by atomic mass is 9.87. The van der Waals surface area contributed by atoms with Crippen LogP contribution in [0.3, 0.4) is 0 Å². The third kappa shape index (κ3) is 3.50. The Morgan fingerprint density at radius 1 is 1.09 bits per heavy atom. The standard InChI is InChI=1S/C29H30N4O/c1-18(2)27-25-14-20(19-9-12-33(13-10-19)22-16-34-17-22)6-8-26(25)32-29(27)24-7-5-21(15-30)28-23(24)4-3-11-31-28/h3-8,11,14,18-19,22,32H,9-10,12-13,16-17H2,1-2H3. The molecule has 2 fully saturated rings. The van der Waals surface area contributed by atoms with Crippen LogP contribution in [0.2, 0.25) is 0 Å². The summed E-state index contributed by atoms with van der Waals surface area (Å²) in [5.74, 6) is 0.974. The van der Waals surface area contributed by atoms with Gasteiger partial charge in [0.2, 0.25) is 0 Å². The van der Waals surface area contributed by atoms with Crippen molar-refractivity contribution in [2.24, 2.45) is 0 Å². The van der Waals surface area contributed by atoms with Gasteiger partial charge in [0.05, 0.1) is 36.0 Å². The Hall–Kier alpha value is -3.20. The highest BCUT2D eigenvalue weighted by atomic mass is 16.5. The van der Waals surface area contributed by atoms with Crippen molar-refractivity contribution in [2.45, 2.75) is 44.6 Å². The van der Waals surface area contributed by atoms with Gasteiger partial charge in [-0.2, -0.15) is 5.26 Å². The van der Waals surface area contributed by atoms with Crippen LogP contribution in [-0.4, -0.2) is 47.2 Å². The second kappa shape index (κ2) is 8.54. The minimum Gasteiger partial charge on any atom is -0.378 e. The predicted octanol–water partition coefficient (Wildman–Crippen LogP) is 5.96. The van der Waals surface area contributed by atoms with Gasteiger partial charge in [-0.15, -0.1) is 0 Å². The van der Waals surface area contributed by atoms with Crippen molar-refractivity contribution in [1.82, 2.24) is 14.9 Å². The number of pyridine rings is 1. The molecule has 0 saturated carbocycles. The van der Waals surface area contributed by atoms with Crippen molar-refractivity contribution < 1.29 is 4.74 Å². The van der Waals surface area contributed by atoms with Crippen molar-refractivity contribution in [3.8, 4) is 17.3 Å². The average molecular weight is 451 g/mol. The Bertz CT molecular complexity index is 1400. The van der Waals surface area contributed by atoms with Crippen molar-refractivity contribution >= 4 is 21.8 Å². The van der Waals surface area contributed by atoms with Gasteiger partial charge in [0.15, 0.2) is 0 Å². The molecule has 0 radical (unpaired) electrons. The number of nitriles is 1. The third-order valence-corrected chi connectivity index (χ3v) is 7.74. The molecule has 0 unspecified atom stereocenters. The SMILES string of the molecule is CC(C)c1c(-c2ccc(C#N)c3ncccc23)[nH]c2ccc(C3CCN(C4COC4)CC3)cc12. The van der Waals surface area contributed by atoms with Crippen LogP contribution in [0.15, 0.2) is 48.7 Å². The van der Waals surface area contributed by atoms with Crippen LogP contribution in [0.5, 0.6) is 0 Å². The summed E-state index contributed by atoms with van der Waals surface area (Å²) in [5, 5.41) is 11.9. The van der Waals surface area contributed by atoms with E-state index in [-0.39, 0.29) is 0 Å². The summed E-state index contributed by atoms with van der Waals surface area (Å²) in [5.41, 5.74) is 7.60. The summed E-state index contributed by atoms with van der Waals surface area (Å²) >= 11 is 0. The van der Waals surface area contributed by atoms with Crippen LogP contribution in [-0.2, 0) is 4.74 Å². The number of aromatic amines is 1. The molecule has 2 aromatic heterocycles. The van der Waals surface area contributed by atoms with Crippen LogP contribution in [0.25, 0.3) is 33.1 Å². The number of hydrogen-bond donors (Lipinski definition) is 1. The Kier molecular flexibility index (Phi) is 5.36. The molecule has 0 spiro atoms. The van der Waals surface area contributed by atoms with Crippen molar-refractivity contribution in [2.75, 3.05) is 26.3 Å². The number of ether oxygens (including phenoxy) is 1. The monoisotopic (exact) mass is 450 g/mol. The van der Waals surface area contributed by atoms with E-state index < -0.39 is 0 Å². The maximum Gasteiger partial charge on any atom is 0.101 e. The number of rotatable bonds is 4. The van der Waals surface area contributed by atoms with Crippen molar-refractivity contribution in [1.29, 1.82) is 5.26 Å². The third-order valence-electron chi connectivity index (χ3n) is 7.74. The van der Waals surface area contributed by atoms with Gasteiger partial charge in [0, 0.05) is 28.0 Å². The summed E-state index contributed by atoms with van der Waals surface area (Å²) in [4.78, 5) is 10.9. The number of aromatic nitrogens is 2. The lowest BCUT2D eigenvalue weighted by Gasteiger charge is -2.41. The molecule has 172 valence electrons. The highest BCUT2D eigenvalue weighted by Gasteiger charge is 2.30. The molecule has 34 heavy (non-hydrogen) atoms. The van der Waals surface area contributed by atoms with E-state index in [1.807, 2.05) is 12.1 Å². The fraction of sp³-hybridized carbons (Fsp3) is 0.379. The maximum atomic E-state index is 9.57. The van der Waals surface area contributed by atoms with Crippen LogP contribution < -0.4 is 0 Å². The molecule has 1 N–H and O–H groups in total. The first-order valence-electron chi connectivity index (χ1n) is 12.4. The van der Waals surface area contributed by atoms with Crippen LogP contribution >= 0.6 is 0 Å². The van der Waals surface area contributed by atoms with E-state index in [9.17, 15) is 5.26 Å². The number of piperidine rings is 1. The topological polar surface area (TPSA) is 64.9 Å². The highest BCUT2D eigenvalue weighted by molar-refractivity contribution is 6.01. The van der Waals surface area contributed by atoms with E-state index in [0.29, 0.717) is 23.4 Å². The minimum atomic E-state index is 0.363. The minimum absolute atomic E-state index is 0.363.